The van der Waals surface area contributed by atoms with Gasteiger partial charge in [0.2, 0.25) is 0 Å². The Bertz CT molecular complexity index is 74.6. The summed E-state index contributed by atoms with van der Waals surface area (Å²) in [6.07, 6.45) is 1.50. The van der Waals surface area contributed by atoms with Crippen LogP contribution in [0.25, 0.3) is 0 Å². The summed E-state index contributed by atoms with van der Waals surface area (Å²) < 4.78 is 0. The monoisotopic (exact) mass is 220 g/mol. The minimum atomic E-state index is 0. The Hall–Kier alpha value is 0.0495. The molecule has 0 saturated carbocycles. The van der Waals surface area contributed by atoms with Crippen molar-refractivity contribution in [3.8, 4) is 0 Å². The average molecular weight is 221 g/mol. The maximum atomic E-state index is 3.25. The van der Waals surface area contributed by atoms with Gasteiger partial charge in [0.15, 0.2) is 0 Å². The summed E-state index contributed by atoms with van der Waals surface area (Å²) in [5.41, 5.74) is 0. The molecule has 0 aliphatic heterocycles. The van der Waals surface area contributed by atoms with Crippen LogP contribution in [0, 0.1) is 6.92 Å². The van der Waals surface area contributed by atoms with E-state index in [0.717, 1.165) is 13.1 Å². The Kier molecular flexibility index (Phi) is 20.4. The van der Waals surface area contributed by atoms with Gasteiger partial charge in [-0.25, -0.2) is 19.6 Å². The van der Waals surface area contributed by atoms with Crippen molar-refractivity contribution < 1.29 is 17.1 Å². The van der Waals surface area contributed by atoms with Crippen molar-refractivity contribution >= 4 is 0 Å². The molecule has 0 amide bonds. The first-order chi connectivity index (χ1) is 5.04. The van der Waals surface area contributed by atoms with Gasteiger partial charge < -0.3 is 9.80 Å². The number of nitrogens with zero attached hydrogens (tertiary/aromatic N) is 2. The van der Waals surface area contributed by atoms with Crippen LogP contribution in [0.15, 0.2) is 12.7 Å². The first-order valence-electron chi connectivity index (χ1n) is 3.74. The third kappa shape index (κ3) is 32.3. The number of likely N-dealkylation sites (N-methyl/N-ethyl adjacent to an activating group) is 2. The second-order valence-electron chi connectivity index (χ2n) is 2.90. The number of hydrogen-bond donors (Lipinski definition) is 0. The first-order valence-corrected chi connectivity index (χ1v) is 3.74. The Balaban J connectivity index is -0.000000177. The molecule has 0 aromatic rings. The van der Waals surface area contributed by atoms with Crippen molar-refractivity contribution in [2.45, 2.75) is 0 Å². The molecule has 0 aromatic heterocycles. The topological polar surface area (TPSA) is 6.48 Å². The Morgan fingerprint density at radius 2 is 1.25 bits per heavy atom. The molecule has 0 saturated heterocycles. The summed E-state index contributed by atoms with van der Waals surface area (Å²) >= 11 is 0. The van der Waals surface area contributed by atoms with E-state index in [2.05, 4.69) is 51.5 Å². The van der Waals surface area contributed by atoms with Gasteiger partial charge in [-0.15, -0.1) is 0 Å². The normalized spacial score (nSPS) is 8.50. The molecule has 0 heterocycles. The molecule has 78 valence electrons. The molecule has 0 atom stereocenters. The van der Waals surface area contributed by atoms with E-state index in [1.165, 1.54) is 6.08 Å². The molecule has 0 bridgehead atoms. The van der Waals surface area contributed by atoms with Crippen LogP contribution in [0.1, 0.15) is 0 Å². The van der Waals surface area contributed by atoms with E-state index in [0.29, 0.717) is 0 Å². The molecule has 0 radical (unpaired) electrons. The van der Waals surface area contributed by atoms with Crippen LogP contribution in [-0.2, 0) is 17.1 Å². The largest absolute Gasteiger partial charge is 1.00 e. The van der Waals surface area contributed by atoms with Crippen LogP contribution in [-0.4, -0.2) is 51.1 Å². The molecule has 0 unspecified atom stereocenters. The number of hydrogen-bond acceptors (Lipinski definition) is 2. The molecule has 0 fully saturated rings. The first kappa shape index (κ1) is 18.0. The van der Waals surface area contributed by atoms with Gasteiger partial charge in [0.05, 0.1) is 0 Å². The molecular formula is C9H21CuN2. The van der Waals surface area contributed by atoms with E-state index in [-0.39, 0.29) is 17.1 Å². The molecular weight excluding hydrogens is 200 g/mol. The van der Waals surface area contributed by atoms with Crippen LogP contribution in [0.4, 0.5) is 0 Å². The fourth-order valence-corrected chi connectivity index (χ4v) is 0.400. The van der Waals surface area contributed by atoms with E-state index in [1.54, 1.807) is 0 Å². The Morgan fingerprint density at radius 3 is 1.33 bits per heavy atom. The van der Waals surface area contributed by atoms with Gasteiger partial charge in [-0.05, 0) is 28.2 Å². The molecule has 0 aliphatic carbocycles. The molecule has 2 nitrogen and oxygen atoms in total. The number of rotatable bonds is 3. The van der Waals surface area contributed by atoms with E-state index < -0.39 is 0 Å². The second-order valence-corrected chi connectivity index (χ2v) is 2.90. The van der Waals surface area contributed by atoms with Gasteiger partial charge in [-0.1, -0.05) is 0 Å². The summed E-state index contributed by atoms with van der Waals surface area (Å²) in [7, 11) is 8.35. The van der Waals surface area contributed by atoms with Crippen LogP contribution < -0.4 is 0 Å². The third-order valence-electron chi connectivity index (χ3n) is 0.994. The van der Waals surface area contributed by atoms with Crippen LogP contribution >= 0.6 is 0 Å². The maximum Gasteiger partial charge on any atom is 1.00 e. The van der Waals surface area contributed by atoms with Gasteiger partial charge in [0, 0.05) is 13.1 Å². The van der Waals surface area contributed by atoms with Crippen molar-refractivity contribution in [1.29, 1.82) is 0 Å². The third-order valence-corrected chi connectivity index (χ3v) is 0.994. The van der Waals surface area contributed by atoms with E-state index in [9.17, 15) is 0 Å². The van der Waals surface area contributed by atoms with E-state index >= 15 is 0 Å². The van der Waals surface area contributed by atoms with Crippen LogP contribution in [0.3, 0.4) is 0 Å². The summed E-state index contributed by atoms with van der Waals surface area (Å²) in [5.74, 6) is 0. The second kappa shape index (κ2) is 13.6. The molecule has 0 aliphatic rings. The molecule has 0 spiro atoms. The Labute approximate surface area is 88.1 Å². The molecule has 0 N–H and O–H groups in total. The average Bonchev–Trinajstić information content (AvgIpc) is 1.85. The standard InChI is InChI=1S/C6H16N2.C3H5.Cu/c1-7(2)5-6-8(3)4;1-3-2;/h5-6H2,1-4H3;3H,1-2H2;/q;-1;+1. The van der Waals surface area contributed by atoms with Crippen LogP contribution in [0.2, 0.25) is 0 Å². The fourth-order valence-electron chi connectivity index (χ4n) is 0.400. The molecule has 0 rings (SSSR count). The number of allylic oxidation sites excluding steroid dienone is 1. The molecule has 12 heavy (non-hydrogen) atoms. The van der Waals surface area contributed by atoms with Gasteiger partial charge in [0.25, 0.3) is 0 Å². The zero-order chi connectivity index (χ0) is 9.28. The minimum Gasteiger partial charge on any atom is -0.308 e. The summed E-state index contributed by atoms with van der Waals surface area (Å²) in [6, 6.07) is 0. The summed E-state index contributed by atoms with van der Waals surface area (Å²) in [5, 5.41) is 0. The zero-order valence-electron chi connectivity index (χ0n) is 8.60. The summed E-state index contributed by atoms with van der Waals surface area (Å²) in [4.78, 5) is 4.36. The van der Waals surface area contributed by atoms with Crippen molar-refractivity contribution in [2.24, 2.45) is 0 Å². The molecule has 3 heteroatoms. The SMILES string of the molecule is C=C[CH2-].CN(C)CCN(C)C.[Cu+]. The quantitative estimate of drug-likeness (QED) is 0.520. The van der Waals surface area contributed by atoms with Crippen molar-refractivity contribution in [3.05, 3.63) is 19.6 Å². The van der Waals surface area contributed by atoms with Crippen molar-refractivity contribution in [2.75, 3.05) is 41.3 Å². The van der Waals surface area contributed by atoms with Crippen molar-refractivity contribution in [3.63, 3.8) is 0 Å². The maximum absolute atomic E-state index is 3.25. The summed E-state index contributed by atoms with van der Waals surface area (Å²) in [6.45, 7) is 8.79. The predicted molar refractivity (Wildman–Crippen MR) is 52.7 cm³/mol. The van der Waals surface area contributed by atoms with Gasteiger partial charge >= 0.3 is 17.1 Å². The smallest absolute Gasteiger partial charge is 0.308 e. The van der Waals surface area contributed by atoms with E-state index in [1.807, 2.05) is 0 Å². The van der Waals surface area contributed by atoms with Gasteiger partial charge in [-0.3, -0.25) is 0 Å². The zero-order valence-corrected chi connectivity index (χ0v) is 9.54. The van der Waals surface area contributed by atoms with Crippen LogP contribution in [0.5, 0.6) is 0 Å². The predicted octanol–water partition coefficient (Wildman–Crippen LogP) is 1.11. The van der Waals surface area contributed by atoms with Crippen molar-refractivity contribution in [1.82, 2.24) is 9.80 Å². The Morgan fingerprint density at radius 1 is 1.08 bits per heavy atom. The minimum absolute atomic E-state index is 0. The van der Waals surface area contributed by atoms with Gasteiger partial charge in [0.1, 0.15) is 0 Å². The molecule has 0 aromatic carbocycles. The fraction of sp³-hybridized carbons (Fsp3) is 0.667. The van der Waals surface area contributed by atoms with Gasteiger partial charge in [-0.2, -0.15) is 0 Å². The van der Waals surface area contributed by atoms with E-state index in [4.69, 9.17) is 0 Å².